The molecule has 1 N–H and O–H groups in total. The van der Waals surface area contributed by atoms with Crippen LogP contribution in [-0.2, 0) is 7.05 Å². The van der Waals surface area contributed by atoms with E-state index in [1.165, 1.54) is 82.0 Å². The van der Waals surface area contributed by atoms with E-state index in [1.54, 1.807) is 0 Å². The van der Waals surface area contributed by atoms with Gasteiger partial charge in [0.15, 0.2) is 11.0 Å². The van der Waals surface area contributed by atoms with Crippen molar-refractivity contribution in [3.63, 3.8) is 0 Å². The highest BCUT2D eigenvalue weighted by Crippen LogP contribution is 2.45. The van der Waals surface area contributed by atoms with E-state index in [0.29, 0.717) is 0 Å². The van der Waals surface area contributed by atoms with Crippen molar-refractivity contribution in [2.75, 3.05) is 0 Å². The molecule has 1 aromatic heterocycles. The second kappa shape index (κ2) is 11.3. The number of aromatic amines is 1. The fraction of sp³-hybridized carbons (Fsp3) is 0.0208. The molecule has 0 radical (unpaired) electrons. The number of fused-ring (bicyclic) bond motifs is 5. The normalized spacial score (nSPS) is 11.7. The number of aryl methyl sites for hydroxylation is 1. The van der Waals surface area contributed by atoms with Crippen molar-refractivity contribution < 1.29 is 4.57 Å². The van der Waals surface area contributed by atoms with Crippen molar-refractivity contribution >= 4 is 54.1 Å². The molecular formula is C48H33N2+. The van der Waals surface area contributed by atoms with Gasteiger partial charge in [0.25, 0.3) is 5.82 Å². The predicted molar refractivity (Wildman–Crippen MR) is 211 cm³/mol. The SMILES string of the molecule is C[n+]1c(-c2ccc(-c3ccc4c(-c5ccc6ccccc6c5)c5ccccc5c(-c5ccc6ccccc6c5)c4c3)cc2)[nH]c2ccccc21. The lowest BCUT2D eigenvalue weighted by atomic mass is 9.84. The van der Waals surface area contributed by atoms with Crippen molar-refractivity contribution in [3.05, 3.63) is 176 Å². The summed E-state index contributed by atoms with van der Waals surface area (Å²) >= 11 is 0. The summed E-state index contributed by atoms with van der Waals surface area (Å²) in [5, 5.41) is 10.0. The smallest absolute Gasteiger partial charge is 0.236 e. The van der Waals surface area contributed by atoms with Crippen molar-refractivity contribution in [2.45, 2.75) is 0 Å². The van der Waals surface area contributed by atoms with E-state index in [0.717, 1.165) is 16.9 Å². The number of hydrogen-bond donors (Lipinski definition) is 1. The Morgan fingerprint density at radius 3 is 1.48 bits per heavy atom. The third-order valence-corrected chi connectivity index (χ3v) is 10.4. The Hall–Kier alpha value is -6.51. The highest BCUT2D eigenvalue weighted by atomic mass is 15.1. The summed E-state index contributed by atoms with van der Waals surface area (Å²) in [5.41, 5.74) is 10.9. The Bertz CT molecular complexity index is 2930. The summed E-state index contributed by atoms with van der Waals surface area (Å²) in [5.74, 6) is 1.10. The zero-order chi connectivity index (χ0) is 33.2. The highest BCUT2D eigenvalue weighted by molar-refractivity contribution is 6.22. The molecular weight excluding hydrogens is 605 g/mol. The molecule has 0 saturated carbocycles. The first-order valence-corrected chi connectivity index (χ1v) is 17.2. The average molecular weight is 638 g/mol. The van der Waals surface area contributed by atoms with Crippen LogP contribution < -0.4 is 4.57 Å². The van der Waals surface area contributed by atoms with E-state index < -0.39 is 0 Å². The Labute approximate surface area is 290 Å². The van der Waals surface area contributed by atoms with Crippen LogP contribution in [0.1, 0.15) is 0 Å². The molecule has 234 valence electrons. The zero-order valence-corrected chi connectivity index (χ0v) is 27.7. The molecule has 9 aromatic carbocycles. The van der Waals surface area contributed by atoms with Gasteiger partial charge in [-0.15, -0.1) is 0 Å². The standard InChI is InChI=1S/C48H32N2/c1-50-45-17-9-8-16-44(45)49-48(50)34-22-18-33(19-23-34)37-26-27-42-43(30-37)47(39-25-21-32-11-3-5-13-36(32)29-39)41-15-7-6-14-40(41)46(42)38-24-20-31-10-2-4-12-35(31)28-38/h2-30H,1H3/p+1. The lowest BCUT2D eigenvalue weighted by Gasteiger charge is -2.19. The number of nitrogens with zero attached hydrogens (tertiary/aromatic N) is 1. The van der Waals surface area contributed by atoms with Crippen LogP contribution in [0.2, 0.25) is 0 Å². The van der Waals surface area contributed by atoms with Crippen molar-refractivity contribution in [3.8, 4) is 44.8 Å². The third-order valence-electron chi connectivity index (χ3n) is 10.4. The summed E-state index contributed by atoms with van der Waals surface area (Å²) in [7, 11) is 2.12. The van der Waals surface area contributed by atoms with Gasteiger partial charge < -0.3 is 0 Å². The summed E-state index contributed by atoms with van der Waals surface area (Å²) in [4.78, 5) is 3.61. The molecule has 1 heterocycles. The van der Waals surface area contributed by atoms with E-state index in [4.69, 9.17) is 0 Å². The first-order chi connectivity index (χ1) is 24.7. The van der Waals surface area contributed by atoms with Crippen molar-refractivity contribution in [2.24, 2.45) is 7.05 Å². The molecule has 0 fully saturated rings. The molecule has 0 aliphatic carbocycles. The molecule has 0 aliphatic rings. The largest absolute Gasteiger partial charge is 0.287 e. The fourth-order valence-electron chi connectivity index (χ4n) is 7.96. The van der Waals surface area contributed by atoms with E-state index in [2.05, 4.69) is 193 Å². The number of aromatic nitrogens is 2. The first-order valence-electron chi connectivity index (χ1n) is 17.2. The van der Waals surface area contributed by atoms with Gasteiger partial charge in [0.05, 0.1) is 12.6 Å². The zero-order valence-electron chi connectivity index (χ0n) is 27.7. The van der Waals surface area contributed by atoms with Crippen LogP contribution in [-0.4, -0.2) is 4.98 Å². The maximum absolute atomic E-state index is 3.61. The second-order valence-electron chi connectivity index (χ2n) is 13.3. The Kier molecular flexibility index (Phi) is 6.43. The number of nitrogens with one attached hydrogen (secondary N) is 1. The minimum Gasteiger partial charge on any atom is -0.236 e. The molecule has 50 heavy (non-hydrogen) atoms. The minimum absolute atomic E-state index is 1.10. The molecule has 10 aromatic rings. The monoisotopic (exact) mass is 637 g/mol. The minimum atomic E-state index is 1.10. The Balaban J connectivity index is 1.21. The third kappa shape index (κ3) is 4.53. The Morgan fingerprint density at radius 2 is 0.840 bits per heavy atom. The average Bonchev–Trinajstić information content (AvgIpc) is 3.52. The molecule has 10 rings (SSSR count). The quantitative estimate of drug-likeness (QED) is 0.146. The number of para-hydroxylation sites is 2. The lowest BCUT2D eigenvalue weighted by molar-refractivity contribution is -0.633. The molecule has 0 amide bonds. The predicted octanol–water partition coefficient (Wildman–Crippen LogP) is 12.3. The number of benzene rings is 9. The van der Waals surface area contributed by atoms with Crippen LogP contribution in [0.25, 0.3) is 98.9 Å². The van der Waals surface area contributed by atoms with Gasteiger partial charge in [0, 0.05) is 0 Å². The first kappa shape index (κ1) is 28.5. The van der Waals surface area contributed by atoms with Gasteiger partial charge in [0.1, 0.15) is 0 Å². The maximum atomic E-state index is 3.61. The fourth-order valence-corrected chi connectivity index (χ4v) is 7.96. The van der Waals surface area contributed by atoms with Gasteiger partial charge in [-0.1, -0.05) is 133 Å². The summed E-state index contributed by atoms with van der Waals surface area (Å²) in [6.07, 6.45) is 0. The van der Waals surface area contributed by atoms with E-state index in [-0.39, 0.29) is 0 Å². The van der Waals surface area contributed by atoms with Gasteiger partial charge in [-0.25, -0.2) is 9.55 Å². The number of imidazole rings is 1. The number of rotatable bonds is 4. The molecule has 2 nitrogen and oxygen atoms in total. The van der Waals surface area contributed by atoms with Crippen molar-refractivity contribution in [1.82, 2.24) is 4.98 Å². The topological polar surface area (TPSA) is 19.7 Å². The van der Waals surface area contributed by atoms with Crippen LogP contribution >= 0.6 is 0 Å². The van der Waals surface area contributed by atoms with Crippen LogP contribution in [0.15, 0.2) is 176 Å². The van der Waals surface area contributed by atoms with Gasteiger partial charge in [-0.05, 0) is 119 Å². The number of hydrogen-bond acceptors (Lipinski definition) is 0. The van der Waals surface area contributed by atoms with Gasteiger partial charge >= 0.3 is 0 Å². The molecule has 0 bridgehead atoms. The number of H-pyrrole nitrogens is 1. The molecule has 2 heteroatoms. The summed E-state index contributed by atoms with van der Waals surface area (Å²) < 4.78 is 2.23. The lowest BCUT2D eigenvalue weighted by Crippen LogP contribution is -2.28. The molecule has 0 atom stereocenters. The van der Waals surface area contributed by atoms with E-state index in [9.17, 15) is 0 Å². The van der Waals surface area contributed by atoms with Crippen LogP contribution in [0, 0.1) is 0 Å². The van der Waals surface area contributed by atoms with Crippen LogP contribution in [0.5, 0.6) is 0 Å². The van der Waals surface area contributed by atoms with Crippen molar-refractivity contribution in [1.29, 1.82) is 0 Å². The van der Waals surface area contributed by atoms with Crippen LogP contribution in [0.3, 0.4) is 0 Å². The van der Waals surface area contributed by atoms with Gasteiger partial charge in [-0.3, -0.25) is 0 Å². The highest BCUT2D eigenvalue weighted by Gasteiger charge is 2.19. The van der Waals surface area contributed by atoms with E-state index in [1.807, 2.05) is 0 Å². The molecule has 0 unspecified atom stereocenters. The maximum Gasteiger partial charge on any atom is 0.287 e. The molecule has 0 aliphatic heterocycles. The molecule has 0 saturated heterocycles. The summed E-state index contributed by atoms with van der Waals surface area (Å²) in [6.45, 7) is 0. The van der Waals surface area contributed by atoms with E-state index >= 15 is 0 Å². The second-order valence-corrected chi connectivity index (χ2v) is 13.3. The molecule has 0 spiro atoms. The summed E-state index contributed by atoms with van der Waals surface area (Å²) in [6, 6.07) is 64.5. The van der Waals surface area contributed by atoms with Crippen LogP contribution in [0.4, 0.5) is 0 Å². The van der Waals surface area contributed by atoms with Gasteiger partial charge in [-0.2, -0.15) is 0 Å². The van der Waals surface area contributed by atoms with Gasteiger partial charge in [0.2, 0.25) is 0 Å². The Morgan fingerprint density at radius 1 is 0.360 bits per heavy atom.